The van der Waals surface area contributed by atoms with Gasteiger partial charge in [0.05, 0.1) is 0 Å². The molecule has 1 radical (unpaired) electrons. The Morgan fingerprint density at radius 3 is 2.00 bits per heavy atom. The Hall–Kier alpha value is -1.37. The van der Waals surface area contributed by atoms with E-state index in [0.29, 0.717) is 5.56 Å². The summed E-state index contributed by atoms with van der Waals surface area (Å²) in [4.78, 5) is 10.2. The molecule has 0 atom stereocenters. The minimum Gasteiger partial charge on any atom is -0.298 e. The van der Waals surface area contributed by atoms with Crippen molar-refractivity contribution in [2.75, 3.05) is 0 Å². The molecule has 1 heteroatoms. The first-order chi connectivity index (χ1) is 4.86. The van der Waals surface area contributed by atoms with Crippen molar-refractivity contribution in [2.45, 2.75) is 0 Å². The lowest BCUT2D eigenvalue weighted by Gasteiger charge is -1.90. The molecule has 49 valence electrons. The van der Waals surface area contributed by atoms with Crippen LogP contribution in [0.2, 0.25) is 0 Å². The van der Waals surface area contributed by atoms with Crippen molar-refractivity contribution >= 4 is 12.4 Å². The maximum Gasteiger partial charge on any atom is 0.150 e. The smallest absolute Gasteiger partial charge is 0.150 e. The number of hydrogen-bond donors (Lipinski definition) is 0. The predicted octanol–water partition coefficient (Wildman–Crippen LogP) is 1.95. The summed E-state index contributed by atoms with van der Waals surface area (Å²) in [7, 11) is 0. The Balaban J connectivity index is 3.00. The lowest BCUT2D eigenvalue weighted by atomic mass is 10.1. The Labute approximate surface area is 60.0 Å². The molecule has 0 bridgehead atoms. The van der Waals surface area contributed by atoms with Crippen LogP contribution in [0.5, 0.6) is 0 Å². The molecule has 1 aromatic carbocycles. The van der Waals surface area contributed by atoms with Crippen LogP contribution in [0.1, 0.15) is 15.9 Å². The van der Waals surface area contributed by atoms with Crippen LogP contribution in [0.4, 0.5) is 0 Å². The SMILES string of the molecule is [CH]=Cc1ccc(C=O)cc1. The first kappa shape index (κ1) is 6.75. The van der Waals surface area contributed by atoms with Gasteiger partial charge in [-0.05, 0) is 5.56 Å². The maximum absolute atomic E-state index is 10.2. The fourth-order valence-corrected chi connectivity index (χ4v) is 0.686. The van der Waals surface area contributed by atoms with Gasteiger partial charge in [0, 0.05) is 5.56 Å². The highest BCUT2D eigenvalue weighted by molar-refractivity contribution is 5.75. The molecule has 0 aliphatic heterocycles. The summed E-state index contributed by atoms with van der Waals surface area (Å²) < 4.78 is 0. The summed E-state index contributed by atoms with van der Waals surface area (Å²) in [5.41, 5.74) is 1.59. The van der Waals surface area contributed by atoms with E-state index in [1.807, 2.05) is 0 Å². The number of benzene rings is 1. The van der Waals surface area contributed by atoms with Crippen LogP contribution in [0, 0.1) is 6.58 Å². The van der Waals surface area contributed by atoms with Crippen molar-refractivity contribution in [3.8, 4) is 0 Å². The topological polar surface area (TPSA) is 17.1 Å². The zero-order chi connectivity index (χ0) is 7.40. The molecule has 1 aromatic rings. The minimum atomic E-state index is 0.672. The van der Waals surface area contributed by atoms with Crippen LogP contribution in [0.15, 0.2) is 24.3 Å². The van der Waals surface area contributed by atoms with E-state index >= 15 is 0 Å². The monoisotopic (exact) mass is 131 g/mol. The van der Waals surface area contributed by atoms with E-state index in [0.717, 1.165) is 11.8 Å². The molecule has 0 saturated heterocycles. The third kappa shape index (κ3) is 1.32. The van der Waals surface area contributed by atoms with Crippen molar-refractivity contribution in [1.29, 1.82) is 0 Å². The highest BCUT2D eigenvalue weighted by Gasteiger charge is 1.86. The van der Waals surface area contributed by atoms with Crippen LogP contribution in [-0.2, 0) is 0 Å². The molecule has 0 heterocycles. The van der Waals surface area contributed by atoms with Crippen molar-refractivity contribution in [1.82, 2.24) is 0 Å². The molecular weight excluding hydrogens is 124 g/mol. The number of aldehydes is 1. The Morgan fingerprint density at radius 2 is 1.60 bits per heavy atom. The van der Waals surface area contributed by atoms with Gasteiger partial charge in [-0.2, -0.15) is 0 Å². The summed E-state index contributed by atoms with van der Waals surface area (Å²) in [6, 6.07) is 7.05. The molecular formula is C9H7O. The lowest BCUT2D eigenvalue weighted by Crippen LogP contribution is -1.77. The van der Waals surface area contributed by atoms with Gasteiger partial charge in [0.15, 0.2) is 0 Å². The van der Waals surface area contributed by atoms with Gasteiger partial charge in [0.25, 0.3) is 0 Å². The molecule has 0 N–H and O–H groups in total. The zero-order valence-electron chi connectivity index (χ0n) is 5.45. The molecule has 1 nitrogen and oxygen atoms in total. The first-order valence-electron chi connectivity index (χ1n) is 2.97. The fraction of sp³-hybridized carbons (Fsp3) is 0. The molecule has 0 fully saturated rings. The number of rotatable bonds is 2. The van der Waals surface area contributed by atoms with E-state index in [9.17, 15) is 4.79 Å². The van der Waals surface area contributed by atoms with E-state index in [1.54, 1.807) is 24.3 Å². The highest BCUT2D eigenvalue weighted by Crippen LogP contribution is 2.02. The van der Waals surface area contributed by atoms with Crippen molar-refractivity contribution in [2.24, 2.45) is 0 Å². The third-order valence-electron chi connectivity index (χ3n) is 1.26. The van der Waals surface area contributed by atoms with Crippen LogP contribution in [0.3, 0.4) is 0 Å². The fourth-order valence-electron chi connectivity index (χ4n) is 0.686. The van der Waals surface area contributed by atoms with Crippen LogP contribution < -0.4 is 0 Å². The molecule has 0 saturated carbocycles. The van der Waals surface area contributed by atoms with Crippen LogP contribution >= 0.6 is 0 Å². The van der Waals surface area contributed by atoms with Crippen molar-refractivity contribution in [3.05, 3.63) is 42.0 Å². The van der Waals surface area contributed by atoms with E-state index in [1.165, 1.54) is 6.08 Å². The Bertz CT molecular complexity index is 206. The van der Waals surface area contributed by atoms with Gasteiger partial charge in [-0.3, -0.25) is 4.79 Å². The predicted molar refractivity (Wildman–Crippen MR) is 40.6 cm³/mol. The number of carbonyl (C=O) groups excluding carboxylic acids is 1. The Kier molecular flexibility index (Phi) is 2.00. The normalized spacial score (nSPS) is 8.80. The summed E-state index contributed by atoms with van der Waals surface area (Å²) in [5.74, 6) is 0. The third-order valence-corrected chi connectivity index (χ3v) is 1.26. The second-order valence-corrected chi connectivity index (χ2v) is 1.95. The zero-order valence-corrected chi connectivity index (χ0v) is 5.45. The summed E-state index contributed by atoms with van der Waals surface area (Å²) in [5, 5.41) is 0. The molecule has 0 spiro atoms. The Morgan fingerprint density at radius 1 is 1.10 bits per heavy atom. The summed E-state index contributed by atoms with van der Waals surface area (Å²) in [6.07, 6.45) is 2.30. The molecule has 0 amide bonds. The second-order valence-electron chi connectivity index (χ2n) is 1.95. The first-order valence-corrected chi connectivity index (χ1v) is 2.97. The minimum absolute atomic E-state index is 0.672. The van der Waals surface area contributed by atoms with Crippen molar-refractivity contribution in [3.63, 3.8) is 0 Å². The van der Waals surface area contributed by atoms with Gasteiger partial charge in [-0.25, -0.2) is 0 Å². The molecule has 1 rings (SSSR count). The molecule has 10 heavy (non-hydrogen) atoms. The van der Waals surface area contributed by atoms with Gasteiger partial charge < -0.3 is 0 Å². The largest absolute Gasteiger partial charge is 0.298 e. The van der Waals surface area contributed by atoms with Crippen molar-refractivity contribution < 1.29 is 4.79 Å². The maximum atomic E-state index is 10.2. The van der Waals surface area contributed by atoms with Gasteiger partial charge in [-0.1, -0.05) is 36.9 Å². The highest BCUT2D eigenvalue weighted by atomic mass is 16.1. The molecule has 0 aliphatic rings. The summed E-state index contributed by atoms with van der Waals surface area (Å²) in [6.45, 7) is 5.23. The average Bonchev–Trinajstić information content (AvgIpc) is 2.05. The molecule has 0 aromatic heterocycles. The van der Waals surface area contributed by atoms with Gasteiger partial charge in [0.1, 0.15) is 6.29 Å². The van der Waals surface area contributed by atoms with E-state index < -0.39 is 0 Å². The quantitative estimate of drug-likeness (QED) is 0.560. The molecule has 0 unspecified atom stereocenters. The molecule has 0 aliphatic carbocycles. The lowest BCUT2D eigenvalue weighted by molar-refractivity contribution is 0.112. The summed E-state index contributed by atoms with van der Waals surface area (Å²) >= 11 is 0. The van der Waals surface area contributed by atoms with E-state index in [2.05, 4.69) is 0 Å². The number of carbonyl (C=O) groups is 1. The second kappa shape index (κ2) is 2.97. The average molecular weight is 131 g/mol. The standard InChI is InChI=1S/C9H7O/c1-2-8-3-5-9(7-10)6-4-8/h1-7H. The van der Waals surface area contributed by atoms with Gasteiger partial charge >= 0.3 is 0 Å². The van der Waals surface area contributed by atoms with Gasteiger partial charge in [-0.15, -0.1) is 0 Å². The van der Waals surface area contributed by atoms with Crippen LogP contribution in [0.25, 0.3) is 6.08 Å². The number of hydrogen-bond acceptors (Lipinski definition) is 1. The van der Waals surface area contributed by atoms with E-state index in [4.69, 9.17) is 6.58 Å². The van der Waals surface area contributed by atoms with Gasteiger partial charge in [0.2, 0.25) is 0 Å². The van der Waals surface area contributed by atoms with Crippen LogP contribution in [-0.4, -0.2) is 6.29 Å². The van der Waals surface area contributed by atoms with E-state index in [-0.39, 0.29) is 0 Å².